The van der Waals surface area contributed by atoms with Gasteiger partial charge in [0.15, 0.2) is 0 Å². The Bertz CT molecular complexity index is 4410. The zero-order valence-electron chi connectivity index (χ0n) is 41.6. The third-order valence-electron chi connectivity index (χ3n) is 17.1. The molecule has 0 bridgehead atoms. The first-order valence-electron chi connectivity index (χ1n) is 26.5. The summed E-state index contributed by atoms with van der Waals surface area (Å²) in [6, 6.07) is 109. The van der Waals surface area contributed by atoms with Crippen LogP contribution in [0.15, 0.2) is 291 Å². The van der Waals surface area contributed by atoms with E-state index in [-0.39, 0.29) is 0 Å². The smallest absolute Gasteiger partial charge is 0.0755 e. The highest BCUT2D eigenvalue weighted by Crippen LogP contribution is 2.64. The molecule has 0 amide bonds. The van der Waals surface area contributed by atoms with E-state index in [0.29, 0.717) is 0 Å². The van der Waals surface area contributed by atoms with E-state index in [1.54, 1.807) is 0 Å². The van der Waals surface area contributed by atoms with Crippen LogP contribution in [0.3, 0.4) is 0 Å². The molecular formula is C74H48N2. The van der Waals surface area contributed by atoms with E-state index in [0.717, 1.165) is 28.2 Å². The number of hydrogen-bond donors (Lipinski definition) is 0. The summed E-state index contributed by atoms with van der Waals surface area (Å²) in [6.07, 6.45) is 0. The normalized spacial score (nSPS) is 15.0. The van der Waals surface area contributed by atoms with E-state index in [9.17, 15) is 0 Å². The summed E-state index contributed by atoms with van der Waals surface area (Å²) in [7, 11) is 0. The topological polar surface area (TPSA) is 8.17 Å². The Labute approximate surface area is 442 Å². The van der Waals surface area contributed by atoms with Gasteiger partial charge in [-0.05, 0) is 114 Å². The van der Waals surface area contributed by atoms with Gasteiger partial charge >= 0.3 is 0 Å². The van der Waals surface area contributed by atoms with Crippen molar-refractivity contribution in [1.82, 2.24) is 4.57 Å². The third-order valence-corrected chi connectivity index (χ3v) is 17.1. The lowest BCUT2D eigenvalue weighted by atomic mass is 9.65. The van der Waals surface area contributed by atoms with E-state index in [2.05, 4.69) is 301 Å². The van der Waals surface area contributed by atoms with Crippen molar-refractivity contribution < 1.29 is 0 Å². The number of nitrogens with zero attached hydrogens (tertiary/aromatic N) is 2. The first-order chi connectivity index (χ1) is 37.7. The maximum atomic E-state index is 2.59. The molecule has 1 aliphatic heterocycles. The van der Waals surface area contributed by atoms with Crippen molar-refractivity contribution in [3.8, 4) is 50.2 Å². The van der Waals surface area contributed by atoms with Crippen molar-refractivity contribution in [1.29, 1.82) is 0 Å². The Balaban J connectivity index is 1.00. The Kier molecular flexibility index (Phi) is 9.20. The molecule has 13 aromatic rings. The lowest BCUT2D eigenvalue weighted by Gasteiger charge is -2.40. The van der Waals surface area contributed by atoms with Crippen LogP contribution in [0, 0.1) is 0 Å². The minimum Gasteiger partial charge on any atom is -0.309 e. The molecule has 0 radical (unpaired) electrons. The standard InChI is InChI=1S/C74H48N2/c1-4-22-49(23-5-1)50-42-44-51(45-43-50)55-28-12-17-38-67(55)75(54-46-47-57-56-29-10-14-33-61(56)73(66(57)48-54,52-24-6-2-7-25-52)53-26-8-3-9-27-53)70-41-21-36-64-71(70)60-31-11-15-34-62(60)74(64)63-35-16-19-40-69(63)76-68-39-18-13-30-58(68)59-32-20-37-65(74)72(59)76/h1-48H. The van der Waals surface area contributed by atoms with Gasteiger partial charge in [0, 0.05) is 27.6 Å². The van der Waals surface area contributed by atoms with E-state index in [4.69, 9.17) is 0 Å². The Morgan fingerprint density at radius 1 is 0.289 bits per heavy atom. The largest absolute Gasteiger partial charge is 0.309 e. The molecule has 354 valence electrons. The zero-order valence-corrected chi connectivity index (χ0v) is 41.6. The van der Waals surface area contributed by atoms with Gasteiger partial charge in [-0.15, -0.1) is 0 Å². The molecule has 0 saturated carbocycles. The number of para-hydroxylation sites is 4. The molecule has 1 spiro atoms. The molecule has 2 heterocycles. The maximum absolute atomic E-state index is 2.59. The van der Waals surface area contributed by atoms with Crippen molar-refractivity contribution >= 4 is 38.9 Å². The lowest BCUT2D eigenvalue weighted by Crippen LogP contribution is -2.33. The highest BCUT2D eigenvalue weighted by molar-refractivity contribution is 6.13. The minimum absolute atomic E-state index is 0.582. The second kappa shape index (κ2) is 16.4. The molecule has 2 aliphatic carbocycles. The SMILES string of the molecule is c1ccc(-c2ccc(-c3ccccc3N(c3ccc4c(c3)C(c3ccccc3)(c3ccccc3)c3ccccc3-4)c3cccc4c3-c3ccccc3C43c4ccccc4-n4c5ccccc5c5cccc3c54)cc2)cc1. The number of anilines is 3. The van der Waals surface area contributed by atoms with Gasteiger partial charge in [-0.25, -0.2) is 0 Å². The zero-order chi connectivity index (χ0) is 50.0. The van der Waals surface area contributed by atoms with Gasteiger partial charge in [-0.3, -0.25) is 0 Å². The summed E-state index contributed by atoms with van der Waals surface area (Å²) in [4.78, 5) is 2.59. The Morgan fingerprint density at radius 2 is 0.803 bits per heavy atom. The summed E-state index contributed by atoms with van der Waals surface area (Å²) in [6.45, 7) is 0. The van der Waals surface area contributed by atoms with Crippen molar-refractivity contribution in [2.45, 2.75) is 10.8 Å². The molecule has 16 rings (SSSR count). The number of hydrogen-bond acceptors (Lipinski definition) is 1. The van der Waals surface area contributed by atoms with Crippen molar-refractivity contribution in [3.63, 3.8) is 0 Å². The van der Waals surface area contributed by atoms with Crippen LogP contribution in [0.5, 0.6) is 0 Å². The summed E-state index contributed by atoms with van der Waals surface area (Å²) < 4.78 is 2.53. The van der Waals surface area contributed by atoms with Gasteiger partial charge in [0.2, 0.25) is 0 Å². The predicted octanol–water partition coefficient (Wildman–Crippen LogP) is 18.6. The summed E-state index contributed by atoms with van der Waals surface area (Å²) in [5, 5.41) is 2.55. The van der Waals surface area contributed by atoms with Gasteiger partial charge in [-0.1, -0.05) is 255 Å². The molecule has 0 saturated heterocycles. The lowest BCUT2D eigenvalue weighted by molar-refractivity contribution is 0.748. The molecule has 12 aromatic carbocycles. The van der Waals surface area contributed by atoms with Gasteiger partial charge < -0.3 is 9.47 Å². The Hall–Kier alpha value is -9.76. The van der Waals surface area contributed by atoms with Gasteiger partial charge in [-0.2, -0.15) is 0 Å². The first kappa shape index (κ1) is 42.7. The average Bonchev–Trinajstić information content (AvgIpc) is 3.93. The van der Waals surface area contributed by atoms with Crippen LogP contribution < -0.4 is 4.90 Å². The van der Waals surface area contributed by atoms with Crippen LogP contribution >= 0.6 is 0 Å². The van der Waals surface area contributed by atoms with Gasteiger partial charge in [0.1, 0.15) is 0 Å². The van der Waals surface area contributed by atoms with Crippen molar-refractivity contribution in [3.05, 3.63) is 336 Å². The number of rotatable bonds is 7. The number of aromatic nitrogens is 1. The molecule has 1 aromatic heterocycles. The van der Waals surface area contributed by atoms with E-state index >= 15 is 0 Å². The van der Waals surface area contributed by atoms with E-state index in [1.165, 1.54) is 105 Å². The fourth-order valence-electron chi connectivity index (χ4n) is 14.1. The van der Waals surface area contributed by atoms with Crippen molar-refractivity contribution in [2.24, 2.45) is 0 Å². The summed E-state index contributed by atoms with van der Waals surface area (Å²) in [5.41, 5.74) is 25.8. The summed E-state index contributed by atoms with van der Waals surface area (Å²) >= 11 is 0. The molecule has 2 nitrogen and oxygen atoms in total. The van der Waals surface area contributed by atoms with Crippen molar-refractivity contribution in [2.75, 3.05) is 4.90 Å². The predicted molar refractivity (Wildman–Crippen MR) is 315 cm³/mol. The highest BCUT2D eigenvalue weighted by Gasteiger charge is 2.52. The van der Waals surface area contributed by atoms with Gasteiger partial charge in [0.05, 0.1) is 38.9 Å². The average molecular weight is 965 g/mol. The molecule has 1 atom stereocenters. The minimum atomic E-state index is -0.615. The molecular weight excluding hydrogens is 917 g/mol. The molecule has 0 N–H and O–H groups in total. The quantitative estimate of drug-likeness (QED) is 0.155. The molecule has 2 heteroatoms. The Morgan fingerprint density at radius 3 is 1.57 bits per heavy atom. The van der Waals surface area contributed by atoms with Gasteiger partial charge in [0.25, 0.3) is 0 Å². The second-order valence-electron chi connectivity index (χ2n) is 20.6. The van der Waals surface area contributed by atoms with E-state index < -0.39 is 10.8 Å². The molecule has 3 aliphatic rings. The van der Waals surface area contributed by atoms with Crippen LogP contribution in [0.25, 0.3) is 72.0 Å². The van der Waals surface area contributed by atoms with Crippen LogP contribution in [-0.2, 0) is 10.8 Å². The van der Waals surface area contributed by atoms with Crippen LogP contribution in [0.4, 0.5) is 17.1 Å². The molecule has 0 fully saturated rings. The number of fused-ring (bicyclic) bond motifs is 15. The van der Waals surface area contributed by atoms with Crippen LogP contribution in [-0.4, -0.2) is 4.57 Å². The monoisotopic (exact) mass is 964 g/mol. The van der Waals surface area contributed by atoms with E-state index in [1.807, 2.05) is 0 Å². The van der Waals surface area contributed by atoms with Crippen LogP contribution in [0.1, 0.15) is 44.5 Å². The second-order valence-corrected chi connectivity index (χ2v) is 20.6. The fourth-order valence-corrected chi connectivity index (χ4v) is 14.1. The first-order valence-corrected chi connectivity index (χ1v) is 26.5. The number of benzene rings is 12. The maximum Gasteiger partial charge on any atom is 0.0755 e. The van der Waals surface area contributed by atoms with Crippen LogP contribution in [0.2, 0.25) is 0 Å². The molecule has 76 heavy (non-hydrogen) atoms. The third kappa shape index (κ3) is 5.70. The molecule has 1 unspecified atom stereocenters. The fraction of sp³-hybridized carbons (Fsp3) is 0.0270. The highest BCUT2D eigenvalue weighted by atomic mass is 15.1. The summed E-state index contributed by atoms with van der Waals surface area (Å²) in [5.74, 6) is 0.